The van der Waals surface area contributed by atoms with Gasteiger partial charge < -0.3 is 5.73 Å². The number of hydrogen-bond donors (Lipinski definition) is 1. The molecule has 0 bridgehead atoms. The fraction of sp³-hybridized carbons (Fsp3) is 0.0588. The molecular formula is C17H14N4. The first-order valence-corrected chi connectivity index (χ1v) is 6.87. The van der Waals surface area contributed by atoms with Gasteiger partial charge in [0.15, 0.2) is 0 Å². The molecule has 4 heteroatoms. The molecule has 4 rings (SSSR count). The molecule has 21 heavy (non-hydrogen) atoms. The minimum absolute atomic E-state index is 0.543. The predicted molar refractivity (Wildman–Crippen MR) is 84.2 cm³/mol. The van der Waals surface area contributed by atoms with E-state index >= 15 is 0 Å². The number of rotatable bonds is 2. The number of fused-ring (bicyclic) bond motifs is 3. The third kappa shape index (κ3) is 2.01. The topological polar surface area (TPSA) is 56.2 Å². The van der Waals surface area contributed by atoms with Gasteiger partial charge in [0.2, 0.25) is 5.78 Å². The highest BCUT2D eigenvalue weighted by atomic mass is 15.1. The molecule has 4 nitrogen and oxygen atoms in total. The summed E-state index contributed by atoms with van der Waals surface area (Å²) in [5, 5.41) is 0. The van der Waals surface area contributed by atoms with Crippen LogP contribution in [-0.2, 0) is 6.42 Å². The fourth-order valence-corrected chi connectivity index (χ4v) is 2.59. The maximum absolute atomic E-state index is 6.09. The summed E-state index contributed by atoms with van der Waals surface area (Å²) in [7, 11) is 0. The number of hydrogen-bond acceptors (Lipinski definition) is 3. The van der Waals surface area contributed by atoms with Gasteiger partial charge in [-0.25, -0.2) is 4.98 Å². The van der Waals surface area contributed by atoms with E-state index < -0.39 is 0 Å². The summed E-state index contributed by atoms with van der Waals surface area (Å²) < 4.78 is 2.00. The Bertz CT molecular complexity index is 925. The quantitative estimate of drug-likeness (QED) is 0.611. The largest absolute Gasteiger partial charge is 0.383 e. The van der Waals surface area contributed by atoms with Crippen molar-refractivity contribution in [1.82, 2.24) is 14.4 Å². The SMILES string of the molecule is Nc1nc2nc3ccccc3n2cc1Cc1ccccc1. The van der Waals surface area contributed by atoms with Gasteiger partial charge in [0, 0.05) is 18.2 Å². The minimum atomic E-state index is 0.543. The smallest absolute Gasteiger partial charge is 0.236 e. The van der Waals surface area contributed by atoms with Crippen LogP contribution >= 0.6 is 0 Å². The van der Waals surface area contributed by atoms with Crippen LogP contribution in [0.15, 0.2) is 60.8 Å². The Balaban J connectivity index is 1.89. The van der Waals surface area contributed by atoms with Crippen molar-refractivity contribution in [3.8, 4) is 0 Å². The Hall–Kier alpha value is -2.88. The summed E-state index contributed by atoms with van der Waals surface area (Å²) in [5.41, 5.74) is 10.3. The molecule has 0 spiro atoms. The third-order valence-electron chi connectivity index (χ3n) is 3.65. The van der Waals surface area contributed by atoms with Crippen molar-refractivity contribution in [3.05, 3.63) is 71.9 Å². The predicted octanol–water partition coefficient (Wildman–Crippen LogP) is 3.06. The van der Waals surface area contributed by atoms with Crippen molar-refractivity contribution in [3.63, 3.8) is 0 Å². The molecule has 0 aliphatic heterocycles. The Labute approximate surface area is 121 Å². The highest BCUT2D eigenvalue weighted by Gasteiger charge is 2.09. The first-order chi connectivity index (χ1) is 10.3. The molecule has 0 aliphatic rings. The van der Waals surface area contributed by atoms with E-state index in [1.807, 2.05) is 53.1 Å². The second-order valence-corrected chi connectivity index (χ2v) is 5.08. The van der Waals surface area contributed by atoms with E-state index in [0.29, 0.717) is 11.6 Å². The van der Waals surface area contributed by atoms with Crippen molar-refractivity contribution in [2.75, 3.05) is 5.73 Å². The van der Waals surface area contributed by atoms with Gasteiger partial charge in [-0.05, 0) is 17.7 Å². The van der Waals surface area contributed by atoms with E-state index in [2.05, 4.69) is 22.1 Å². The van der Waals surface area contributed by atoms with Crippen molar-refractivity contribution < 1.29 is 0 Å². The Morgan fingerprint density at radius 3 is 2.52 bits per heavy atom. The molecule has 2 aromatic carbocycles. The molecule has 0 saturated heterocycles. The number of nitrogen functional groups attached to an aromatic ring is 1. The number of para-hydroxylation sites is 2. The van der Waals surface area contributed by atoms with E-state index in [0.717, 1.165) is 23.0 Å². The fourth-order valence-electron chi connectivity index (χ4n) is 2.59. The Morgan fingerprint density at radius 1 is 0.905 bits per heavy atom. The molecule has 0 saturated carbocycles. The van der Waals surface area contributed by atoms with Gasteiger partial charge in [-0.1, -0.05) is 42.5 Å². The lowest BCUT2D eigenvalue weighted by Crippen LogP contribution is -2.02. The number of anilines is 1. The maximum atomic E-state index is 6.09. The van der Waals surface area contributed by atoms with Crippen molar-refractivity contribution in [2.45, 2.75) is 6.42 Å². The van der Waals surface area contributed by atoms with E-state index in [-0.39, 0.29) is 0 Å². The molecule has 0 amide bonds. The molecule has 0 aliphatic carbocycles. The summed E-state index contributed by atoms with van der Waals surface area (Å²) in [4.78, 5) is 8.93. The normalized spacial score (nSPS) is 11.2. The average molecular weight is 274 g/mol. The van der Waals surface area contributed by atoms with Gasteiger partial charge in [-0.2, -0.15) is 4.98 Å². The van der Waals surface area contributed by atoms with E-state index in [4.69, 9.17) is 5.73 Å². The number of nitrogens with two attached hydrogens (primary N) is 1. The second kappa shape index (κ2) is 4.59. The van der Waals surface area contributed by atoms with Crippen LogP contribution in [0.25, 0.3) is 16.8 Å². The Morgan fingerprint density at radius 2 is 1.67 bits per heavy atom. The maximum Gasteiger partial charge on any atom is 0.236 e. The summed E-state index contributed by atoms with van der Waals surface area (Å²) in [5.74, 6) is 1.19. The lowest BCUT2D eigenvalue weighted by Gasteiger charge is -2.06. The van der Waals surface area contributed by atoms with Crippen LogP contribution in [0.3, 0.4) is 0 Å². The molecule has 102 valence electrons. The number of nitrogens with zero attached hydrogens (tertiary/aromatic N) is 3. The van der Waals surface area contributed by atoms with Gasteiger partial charge in [-0.15, -0.1) is 0 Å². The van der Waals surface area contributed by atoms with Crippen LogP contribution in [0.4, 0.5) is 5.82 Å². The van der Waals surface area contributed by atoms with Gasteiger partial charge in [0.1, 0.15) is 5.82 Å². The van der Waals surface area contributed by atoms with E-state index in [1.54, 1.807) is 0 Å². The monoisotopic (exact) mass is 274 g/mol. The average Bonchev–Trinajstić information content (AvgIpc) is 2.86. The summed E-state index contributed by atoms with van der Waals surface area (Å²) in [6.07, 6.45) is 2.81. The highest BCUT2D eigenvalue weighted by Crippen LogP contribution is 2.20. The summed E-state index contributed by atoms with van der Waals surface area (Å²) in [6.45, 7) is 0. The van der Waals surface area contributed by atoms with Gasteiger partial charge in [0.25, 0.3) is 0 Å². The van der Waals surface area contributed by atoms with E-state index in [1.165, 1.54) is 5.56 Å². The molecule has 0 unspecified atom stereocenters. The zero-order valence-corrected chi connectivity index (χ0v) is 11.4. The number of aromatic nitrogens is 3. The van der Waals surface area contributed by atoms with Crippen LogP contribution in [-0.4, -0.2) is 14.4 Å². The van der Waals surface area contributed by atoms with Crippen LogP contribution < -0.4 is 5.73 Å². The number of benzene rings is 2. The lowest BCUT2D eigenvalue weighted by molar-refractivity contribution is 1.06. The van der Waals surface area contributed by atoms with E-state index in [9.17, 15) is 0 Å². The van der Waals surface area contributed by atoms with Crippen LogP contribution in [0.1, 0.15) is 11.1 Å². The van der Waals surface area contributed by atoms with Crippen molar-refractivity contribution >= 4 is 22.6 Å². The first-order valence-electron chi connectivity index (χ1n) is 6.87. The van der Waals surface area contributed by atoms with Crippen LogP contribution in [0, 0.1) is 0 Å². The molecule has 4 aromatic rings. The zero-order valence-electron chi connectivity index (χ0n) is 11.4. The van der Waals surface area contributed by atoms with Crippen LogP contribution in [0.5, 0.6) is 0 Å². The highest BCUT2D eigenvalue weighted by molar-refractivity contribution is 5.79. The molecule has 2 aromatic heterocycles. The number of imidazole rings is 1. The molecule has 0 radical (unpaired) electrons. The molecule has 2 N–H and O–H groups in total. The van der Waals surface area contributed by atoms with Crippen LogP contribution in [0.2, 0.25) is 0 Å². The summed E-state index contributed by atoms with van der Waals surface area (Å²) >= 11 is 0. The van der Waals surface area contributed by atoms with Gasteiger partial charge >= 0.3 is 0 Å². The minimum Gasteiger partial charge on any atom is -0.383 e. The van der Waals surface area contributed by atoms with Gasteiger partial charge in [0.05, 0.1) is 11.0 Å². The summed E-state index contributed by atoms with van der Waals surface area (Å²) in [6, 6.07) is 18.3. The lowest BCUT2D eigenvalue weighted by atomic mass is 10.1. The first kappa shape index (κ1) is 11.9. The second-order valence-electron chi connectivity index (χ2n) is 5.08. The van der Waals surface area contributed by atoms with Crippen molar-refractivity contribution in [2.24, 2.45) is 0 Å². The Kier molecular flexibility index (Phi) is 2.60. The standard InChI is InChI=1S/C17H14N4/c18-16-13(10-12-6-2-1-3-7-12)11-21-15-9-5-4-8-14(15)19-17(21)20-16/h1-9,11H,10H2,(H2,18,19,20). The van der Waals surface area contributed by atoms with Gasteiger partial charge in [-0.3, -0.25) is 4.40 Å². The molecular weight excluding hydrogens is 260 g/mol. The zero-order chi connectivity index (χ0) is 14.2. The van der Waals surface area contributed by atoms with Crippen molar-refractivity contribution in [1.29, 1.82) is 0 Å². The molecule has 0 atom stereocenters. The molecule has 0 fully saturated rings. The molecule has 2 heterocycles. The third-order valence-corrected chi connectivity index (χ3v) is 3.65.